The maximum atomic E-state index is 13.0. The smallest absolute Gasteiger partial charge is 0.339 e. The molecule has 2 rings (SSSR count). The van der Waals surface area contributed by atoms with E-state index in [1.165, 1.54) is 0 Å². The lowest BCUT2D eigenvalue weighted by molar-refractivity contribution is -0.175. The number of aliphatic hydroxyl groups is 4. The molecule has 2 aliphatic rings. The maximum Gasteiger partial charge on any atom is 0.339 e. The minimum absolute atomic E-state index is 0.100. The molecule has 0 aromatic carbocycles. The van der Waals surface area contributed by atoms with E-state index in [1.807, 2.05) is 154 Å². The molecule has 6 N–H and O–H groups in total. The fourth-order valence-corrected chi connectivity index (χ4v) is 6.70. The van der Waals surface area contributed by atoms with Crippen LogP contribution in [-0.2, 0) is 38.2 Å². The lowest BCUT2D eigenvalue weighted by Crippen LogP contribution is -2.45. The van der Waals surface area contributed by atoms with E-state index < -0.39 is 82.9 Å². The first kappa shape index (κ1) is 56.2. The van der Waals surface area contributed by atoms with Crippen molar-refractivity contribution in [1.82, 2.24) is 0 Å². The van der Waals surface area contributed by atoms with E-state index in [1.54, 1.807) is 13.8 Å². The molecule has 0 aromatic heterocycles. The third-order valence-electron chi connectivity index (χ3n) is 10.4. The number of carboxylic acid groups (broad SMARTS) is 2. The lowest BCUT2D eigenvalue weighted by Gasteiger charge is -2.36. The minimum Gasteiger partial charge on any atom is -0.479 e. The number of carbonyl (C=O) groups excluding carboxylic acids is 4. The summed E-state index contributed by atoms with van der Waals surface area (Å²) in [5.41, 5.74) is 4.84. The molecule has 0 saturated carbocycles. The Morgan fingerprint density at radius 3 is 1.11 bits per heavy atom. The Labute approximate surface area is 376 Å². The number of hydrogen-bond donors (Lipinski definition) is 6. The molecule has 6 unspecified atom stereocenters. The fraction of sp³-hybridized carbons (Fsp3) is 0.440. The largest absolute Gasteiger partial charge is 0.479 e. The van der Waals surface area contributed by atoms with Crippen molar-refractivity contribution in [3.63, 3.8) is 0 Å². The number of esters is 2. The van der Waals surface area contributed by atoms with Crippen molar-refractivity contribution in [3.05, 3.63) is 130 Å². The number of carboxylic acids is 2. The molecule has 2 aliphatic carbocycles. The van der Waals surface area contributed by atoms with Crippen LogP contribution in [0.5, 0.6) is 0 Å². The molecule has 0 bridgehead atoms. The molecule has 6 atom stereocenters. The Kier molecular flexibility index (Phi) is 22.4. The highest BCUT2D eigenvalue weighted by molar-refractivity contribution is 6.03. The fourth-order valence-electron chi connectivity index (χ4n) is 6.70. The highest BCUT2D eigenvalue weighted by atomic mass is 16.6. The second-order valence-corrected chi connectivity index (χ2v) is 16.7. The van der Waals surface area contributed by atoms with Crippen LogP contribution < -0.4 is 0 Å². The average Bonchev–Trinajstić information content (AvgIpc) is 3.22. The van der Waals surface area contributed by atoms with E-state index in [9.17, 15) is 49.2 Å². The summed E-state index contributed by atoms with van der Waals surface area (Å²) in [5, 5.41) is 56.2. The van der Waals surface area contributed by atoms with Gasteiger partial charge in [-0.3, -0.25) is 9.59 Å². The highest BCUT2D eigenvalue weighted by Crippen LogP contribution is 2.42. The molecule has 14 heteroatoms. The van der Waals surface area contributed by atoms with Crippen molar-refractivity contribution in [2.75, 3.05) is 0 Å². The van der Waals surface area contributed by atoms with Crippen molar-refractivity contribution in [2.45, 2.75) is 133 Å². The number of Topliss-reactive ketones (excluding diaryl/α,β-unsaturated/α-hetero) is 2. The van der Waals surface area contributed by atoms with E-state index in [-0.39, 0.29) is 12.8 Å². The van der Waals surface area contributed by atoms with Gasteiger partial charge in [0.05, 0.1) is 0 Å². The molecule has 0 radical (unpaired) electrons. The van der Waals surface area contributed by atoms with Crippen LogP contribution in [-0.4, -0.2) is 103 Å². The van der Waals surface area contributed by atoms with Gasteiger partial charge in [0.15, 0.2) is 48.2 Å². The normalized spacial score (nSPS) is 22.0. The number of allylic oxidation sites excluding steroid dienone is 20. The summed E-state index contributed by atoms with van der Waals surface area (Å²) >= 11 is 0. The number of ether oxygens (including phenoxy) is 2. The van der Waals surface area contributed by atoms with Crippen molar-refractivity contribution >= 4 is 35.4 Å². The zero-order valence-corrected chi connectivity index (χ0v) is 38.9. The standard InChI is InChI=1S/C48H60O14.C2H6/c1-27(17-13-19-29(3)21-23-33-31(5)37(49)35(25-47(33,7)8)61-45(59)41(53)39(51)43(55)56)15-11-12-16-28(2)18-14-20-30(4)22-24-34-32(6)38(50)36(26-48(34,9)10)62-46(60)42(54)40(52)44(57)58;1-2/h11-24,35-36,39-42,51-54H,25-26H2,1-10H3,(H,55,56)(H,57,58);1-2H3/b12-11+,17-13+,18-14+,23-21+,24-22+,27-15+,28-16+,29-19+,30-20+;. The summed E-state index contributed by atoms with van der Waals surface area (Å²) in [6.45, 7) is 22.5. The molecular weight excluding hydrogens is 825 g/mol. The Morgan fingerprint density at radius 1 is 0.531 bits per heavy atom. The molecule has 0 aromatic rings. The van der Waals surface area contributed by atoms with Crippen molar-refractivity contribution in [1.29, 1.82) is 0 Å². The number of hydrogen-bond acceptors (Lipinski definition) is 12. The number of carbonyl (C=O) groups is 6. The summed E-state index contributed by atoms with van der Waals surface area (Å²) in [6, 6.07) is 0. The third-order valence-corrected chi connectivity index (χ3v) is 10.4. The molecule has 64 heavy (non-hydrogen) atoms. The van der Waals surface area contributed by atoms with Crippen molar-refractivity contribution in [3.8, 4) is 0 Å². The summed E-state index contributed by atoms with van der Waals surface area (Å²) in [7, 11) is 0. The maximum absolute atomic E-state index is 13.0. The molecule has 0 spiro atoms. The number of aliphatic carboxylic acids is 2. The average molecular weight is 891 g/mol. The molecule has 0 aliphatic heterocycles. The van der Waals surface area contributed by atoms with Crippen molar-refractivity contribution in [2.24, 2.45) is 10.8 Å². The van der Waals surface area contributed by atoms with Crippen LogP contribution in [0.25, 0.3) is 0 Å². The van der Waals surface area contributed by atoms with E-state index in [4.69, 9.17) is 19.7 Å². The van der Waals surface area contributed by atoms with Crippen LogP contribution in [0.2, 0.25) is 0 Å². The van der Waals surface area contributed by atoms with Crippen LogP contribution >= 0.6 is 0 Å². The first-order valence-corrected chi connectivity index (χ1v) is 20.9. The highest BCUT2D eigenvalue weighted by Gasteiger charge is 2.43. The Morgan fingerprint density at radius 2 is 0.812 bits per heavy atom. The van der Waals surface area contributed by atoms with Gasteiger partial charge in [-0.1, -0.05) is 149 Å². The number of aliphatic hydroxyl groups excluding tert-OH is 4. The lowest BCUT2D eigenvalue weighted by atomic mass is 9.71. The predicted octanol–water partition coefficient (Wildman–Crippen LogP) is 6.65. The second kappa shape index (κ2) is 25.5. The first-order valence-electron chi connectivity index (χ1n) is 20.9. The van der Waals surface area contributed by atoms with E-state index >= 15 is 0 Å². The molecule has 14 nitrogen and oxygen atoms in total. The number of rotatable bonds is 18. The van der Waals surface area contributed by atoms with Gasteiger partial charge in [-0.15, -0.1) is 0 Å². The molecule has 0 heterocycles. The van der Waals surface area contributed by atoms with E-state index in [0.717, 1.165) is 33.4 Å². The van der Waals surface area contributed by atoms with Gasteiger partial charge in [0.2, 0.25) is 0 Å². The van der Waals surface area contributed by atoms with Crippen LogP contribution in [0.3, 0.4) is 0 Å². The molecule has 0 saturated heterocycles. The molecule has 0 amide bonds. The summed E-state index contributed by atoms with van der Waals surface area (Å²) in [4.78, 5) is 72.3. The van der Waals surface area contributed by atoms with Gasteiger partial charge in [-0.2, -0.15) is 0 Å². The Bertz CT molecular complexity index is 1960. The SMILES string of the molecule is CC.CC1=C(/C=C/C(C)=C/C=C/C(C)=C/C=C/C=C(C)/C=C/C=C(C)/C=C/C2=C(C)C(=O)C(OC(=O)C(O)C(O)C(=O)O)CC2(C)C)C(C)(C)CC(OC(=O)C(O)C(O)C(=O)O)C1=O. The quantitative estimate of drug-likeness (QED) is 0.0624. The van der Waals surface area contributed by atoms with Crippen LogP contribution in [0, 0.1) is 10.8 Å². The second-order valence-electron chi connectivity index (χ2n) is 16.7. The zero-order valence-electron chi connectivity index (χ0n) is 38.9. The monoisotopic (exact) mass is 890 g/mol. The van der Waals surface area contributed by atoms with Gasteiger partial charge in [-0.05, 0) is 74.7 Å². The summed E-state index contributed by atoms with van der Waals surface area (Å²) in [5.74, 6) is -7.30. The van der Waals surface area contributed by atoms with Crippen LogP contribution in [0.4, 0.5) is 0 Å². The van der Waals surface area contributed by atoms with Crippen LogP contribution in [0.15, 0.2) is 130 Å². The Hall–Kier alpha value is -5.80. The van der Waals surface area contributed by atoms with Gasteiger partial charge < -0.3 is 40.1 Å². The first-order chi connectivity index (χ1) is 29.7. The number of ketones is 2. The predicted molar refractivity (Wildman–Crippen MR) is 243 cm³/mol. The van der Waals surface area contributed by atoms with Crippen LogP contribution in [0.1, 0.15) is 95.9 Å². The van der Waals surface area contributed by atoms with Gasteiger partial charge in [0, 0.05) is 12.8 Å². The topological polar surface area (TPSA) is 242 Å². The van der Waals surface area contributed by atoms with Gasteiger partial charge in [0.25, 0.3) is 0 Å². The van der Waals surface area contributed by atoms with Crippen molar-refractivity contribution < 1.29 is 68.9 Å². The summed E-state index contributed by atoms with van der Waals surface area (Å²) < 4.78 is 10.2. The van der Waals surface area contributed by atoms with Gasteiger partial charge in [-0.25, -0.2) is 19.2 Å². The zero-order chi connectivity index (χ0) is 49.3. The van der Waals surface area contributed by atoms with Gasteiger partial charge in [0.1, 0.15) is 0 Å². The minimum atomic E-state index is -2.37. The third kappa shape index (κ3) is 16.7. The molecule has 0 fully saturated rings. The molecule has 350 valence electrons. The summed E-state index contributed by atoms with van der Waals surface area (Å²) in [6.07, 6.45) is 15.1. The van der Waals surface area contributed by atoms with E-state index in [2.05, 4.69) is 0 Å². The molecular formula is C50H66O14. The van der Waals surface area contributed by atoms with Gasteiger partial charge >= 0.3 is 23.9 Å². The van der Waals surface area contributed by atoms with E-state index in [0.29, 0.717) is 11.1 Å². The Balaban J connectivity index is 0.0000101.